The van der Waals surface area contributed by atoms with Crippen molar-refractivity contribution in [2.24, 2.45) is 0 Å². The third kappa shape index (κ3) is 4.49. The fraction of sp³-hybridized carbons (Fsp3) is 0.417. The van der Waals surface area contributed by atoms with Crippen molar-refractivity contribution in [3.63, 3.8) is 0 Å². The highest BCUT2D eigenvalue weighted by Gasteiger charge is 2.06. The maximum Gasteiger partial charge on any atom is 0.233 e. The Bertz CT molecular complexity index is 337. The average Bonchev–Trinajstić information content (AvgIpc) is 2.27. The molecule has 0 spiro atoms. The van der Waals surface area contributed by atoms with Crippen molar-refractivity contribution in [1.82, 2.24) is 10.6 Å². The first-order chi connectivity index (χ1) is 7.63. The standard InChI is InChI=1S/C12H17IN2O/c1-3-14-12(16)8-15-9(2)10-4-6-11(13)7-5-10/h4-7,9,15H,3,8H2,1-2H3,(H,14,16). The quantitative estimate of drug-likeness (QED) is 0.811. The van der Waals surface area contributed by atoms with Gasteiger partial charge in [-0.3, -0.25) is 4.79 Å². The van der Waals surface area contributed by atoms with Gasteiger partial charge in [-0.2, -0.15) is 0 Å². The molecule has 1 amide bonds. The van der Waals surface area contributed by atoms with Gasteiger partial charge in [0.1, 0.15) is 0 Å². The molecule has 2 N–H and O–H groups in total. The van der Waals surface area contributed by atoms with Gasteiger partial charge in [-0.25, -0.2) is 0 Å². The fourth-order valence-corrected chi connectivity index (χ4v) is 1.73. The summed E-state index contributed by atoms with van der Waals surface area (Å²) >= 11 is 2.28. The molecule has 16 heavy (non-hydrogen) atoms. The number of carbonyl (C=O) groups is 1. The molecule has 0 aliphatic rings. The van der Waals surface area contributed by atoms with Crippen molar-refractivity contribution < 1.29 is 4.79 Å². The summed E-state index contributed by atoms with van der Waals surface area (Å²) in [7, 11) is 0. The van der Waals surface area contributed by atoms with E-state index in [1.54, 1.807) is 0 Å². The third-order valence-electron chi connectivity index (χ3n) is 2.31. The molecule has 1 atom stereocenters. The third-order valence-corrected chi connectivity index (χ3v) is 3.03. The highest BCUT2D eigenvalue weighted by atomic mass is 127. The Kier molecular flexibility index (Phi) is 5.76. The van der Waals surface area contributed by atoms with Crippen LogP contribution in [0.25, 0.3) is 0 Å². The van der Waals surface area contributed by atoms with Crippen LogP contribution in [0.3, 0.4) is 0 Å². The van der Waals surface area contributed by atoms with E-state index in [4.69, 9.17) is 0 Å². The first-order valence-electron chi connectivity index (χ1n) is 5.39. The smallest absolute Gasteiger partial charge is 0.233 e. The summed E-state index contributed by atoms with van der Waals surface area (Å²) in [6, 6.07) is 8.49. The van der Waals surface area contributed by atoms with Crippen LogP contribution in [0.5, 0.6) is 0 Å². The largest absolute Gasteiger partial charge is 0.355 e. The number of amides is 1. The van der Waals surface area contributed by atoms with E-state index in [-0.39, 0.29) is 11.9 Å². The lowest BCUT2D eigenvalue weighted by Crippen LogP contribution is -2.34. The summed E-state index contributed by atoms with van der Waals surface area (Å²) in [6.07, 6.45) is 0. The van der Waals surface area contributed by atoms with E-state index in [0.717, 1.165) is 0 Å². The van der Waals surface area contributed by atoms with Crippen molar-refractivity contribution in [3.05, 3.63) is 33.4 Å². The minimum atomic E-state index is 0.0415. The molecule has 0 heterocycles. The molecule has 88 valence electrons. The van der Waals surface area contributed by atoms with Gasteiger partial charge in [-0.15, -0.1) is 0 Å². The number of benzene rings is 1. The second-order valence-electron chi connectivity index (χ2n) is 3.61. The molecule has 0 aliphatic heterocycles. The van der Waals surface area contributed by atoms with Crippen molar-refractivity contribution >= 4 is 28.5 Å². The maximum absolute atomic E-state index is 11.3. The zero-order chi connectivity index (χ0) is 12.0. The highest BCUT2D eigenvalue weighted by Crippen LogP contribution is 2.13. The first kappa shape index (κ1) is 13.4. The van der Waals surface area contributed by atoms with Crippen LogP contribution in [0, 0.1) is 3.57 Å². The number of rotatable bonds is 5. The normalized spacial score (nSPS) is 12.2. The van der Waals surface area contributed by atoms with Crippen molar-refractivity contribution in [3.8, 4) is 0 Å². The monoisotopic (exact) mass is 332 g/mol. The first-order valence-corrected chi connectivity index (χ1v) is 6.47. The highest BCUT2D eigenvalue weighted by molar-refractivity contribution is 14.1. The Balaban J connectivity index is 2.43. The predicted octanol–water partition coefficient (Wildman–Crippen LogP) is 2.08. The molecular weight excluding hydrogens is 315 g/mol. The van der Waals surface area contributed by atoms with Gasteiger partial charge in [-0.05, 0) is 54.1 Å². The van der Waals surface area contributed by atoms with Gasteiger partial charge in [0.2, 0.25) is 5.91 Å². The molecule has 1 aromatic rings. The maximum atomic E-state index is 11.3. The Hall–Kier alpha value is -0.620. The molecular formula is C12H17IN2O. The molecule has 0 saturated carbocycles. The Morgan fingerprint density at radius 2 is 2.00 bits per heavy atom. The lowest BCUT2D eigenvalue weighted by Gasteiger charge is -2.13. The van der Waals surface area contributed by atoms with E-state index in [1.807, 2.05) is 6.92 Å². The second-order valence-corrected chi connectivity index (χ2v) is 4.85. The molecule has 1 aromatic carbocycles. The van der Waals surface area contributed by atoms with Gasteiger partial charge in [0.15, 0.2) is 0 Å². The second kappa shape index (κ2) is 6.85. The topological polar surface area (TPSA) is 41.1 Å². The van der Waals surface area contributed by atoms with Gasteiger partial charge in [0, 0.05) is 16.2 Å². The molecule has 0 bridgehead atoms. The van der Waals surface area contributed by atoms with Crippen LogP contribution in [-0.2, 0) is 4.79 Å². The van der Waals surface area contributed by atoms with Crippen LogP contribution >= 0.6 is 22.6 Å². The van der Waals surface area contributed by atoms with E-state index in [0.29, 0.717) is 13.1 Å². The zero-order valence-electron chi connectivity index (χ0n) is 9.59. The van der Waals surface area contributed by atoms with Crippen LogP contribution in [0.1, 0.15) is 25.5 Å². The molecule has 1 unspecified atom stereocenters. The molecule has 0 radical (unpaired) electrons. The Morgan fingerprint density at radius 1 is 1.38 bits per heavy atom. The molecule has 4 heteroatoms. The SMILES string of the molecule is CCNC(=O)CNC(C)c1ccc(I)cc1. The minimum absolute atomic E-state index is 0.0415. The molecule has 0 aromatic heterocycles. The predicted molar refractivity (Wildman–Crippen MR) is 74.3 cm³/mol. The molecule has 0 aliphatic carbocycles. The van der Waals surface area contributed by atoms with Gasteiger partial charge in [0.25, 0.3) is 0 Å². The number of carbonyl (C=O) groups excluding carboxylic acids is 1. The number of hydrogen-bond acceptors (Lipinski definition) is 2. The molecule has 1 rings (SSSR count). The number of nitrogens with one attached hydrogen (secondary N) is 2. The van der Waals surface area contributed by atoms with Crippen molar-refractivity contribution in [2.45, 2.75) is 19.9 Å². The number of halogens is 1. The average molecular weight is 332 g/mol. The van der Waals surface area contributed by atoms with Gasteiger partial charge in [-0.1, -0.05) is 12.1 Å². The van der Waals surface area contributed by atoms with Crippen molar-refractivity contribution in [1.29, 1.82) is 0 Å². The zero-order valence-corrected chi connectivity index (χ0v) is 11.7. The molecule has 0 saturated heterocycles. The van der Waals surface area contributed by atoms with Crippen LogP contribution in [-0.4, -0.2) is 19.0 Å². The van der Waals surface area contributed by atoms with E-state index >= 15 is 0 Å². The van der Waals surface area contributed by atoms with E-state index in [1.165, 1.54) is 9.13 Å². The van der Waals surface area contributed by atoms with Crippen LogP contribution in [0.15, 0.2) is 24.3 Å². The number of likely N-dealkylation sites (N-methyl/N-ethyl adjacent to an activating group) is 1. The lowest BCUT2D eigenvalue weighted by molar-refractivity contribution is -0.120. The Labute approximate surface area is 110 Å². The van der Waals surface area contributed by atoms with Crippen molar-refractivity contribution in [2.75, 3.05) is 13.1 Å². The summed E-state index contributed by atoms with van der Waals surface area (Å²) in [5.74, 6) is 0.0415. The van der Waals surface area contributed by atoms with Gasteiger partial charge < -0.3 is 10.6 Å². The molecule has 3 nitrogen and oxygen atoms in total. The van der Waals surface area contributed by atoms with Crippen LogP contribution < -0.4 is 10.6 Å². The number of hydrogen-bond donors (Lipinski definition) is 2. The summed E-state index contributed by atoms with van der Waals surface area (Å²) in [4.78, 5) is 11.3. The fourth-order valence-electron chi connectivity index (χ4n) is 1.37. The van der Waals surface area contributed by atoms with E-state index in [9.17, 15) is 4.79 Å². The van der Waals surface area contributed by atoms with Crippen LogP contribution in [0.4, 0.5) is 0 Å². The van der Waals surface area contributed by atoms with Gasteiger partial charge in [0.05, 0.1) is 6.54 Å². The van der Waals surface area contributed by atoms with Crippen LogP contribution in [0.2, 0.25) is 0 Å². The van der Waals surface area contributed by atoms with Gasteiger partial charge >= 0.3 is 0 Å². The summed E-state index contributed by atoms with van der Waals surface area (Å²) in [5, 5.41) is 5.95. The minimum Gasteiger partial charge on any atom is -0.355 e. The summed E-state index contributed by atoms with van der Waals surface area (Å²) < 4.78 is 1.22. The van der Waals surface area contributed by atoms with E-state index in [2.05, 4.69) is 64.4 Å². The Morgan fingerprint density at radius 3 is 2.56 bits per heavy atom. The summed E-state index contributed by atoms with van der Waals surface area (Å²) in [5.41, 5.74) is 1.20. The molecule has 0 fully saturated rings. The van der Waals surface area contributed by atoms with E-state index < -0.39 is 0 Å². The summed E-state index contributed by atoms with van der Waals surface area (Å²) in [6.45, 7) is 5.02. The lowest BCUT2D eigenvalue weighted by atomic mass is 10.1.